The molecule has 180 valence electrons. The minimum Gasteiger partial charge on any atom is -0.491 e. The van der Waals surface area contributed by atoms with Crippen molar-refractivity contribution in [3.05, 3.63) is 87.7 Å². The number of fused-ring (bicyclic) bond motifs is 3. The quantitative estimate of drug-likeness (QED) is 0.433. The van der Waals surface area contributed by atoms with Gasteiger partial charge in [-0.25, -0.2) is 0 Å². The summed E-state index contributed by atoms with van der Waals surface area (Å²) >= 11 is 0. The smallest absolute Gasteiger partial charge is 0.232 e. The predicted octanol–water partition coefficient (Wildman–Crippen LogP) is 4.28. The number of aryl methyl sites for hydroxylation is 1. The molecule has 0 saturated carbocycles. The van der Waals surface area contributed by atoms with Gasteiger partial charge in [-0.3, -0.25) is 4.79 Å². The lowest BCUT2D eigenvalue weighted by Gasteiger charge is -2.21. The van der Waals surface area contributed by atoms with Crippen LogP contribution in [0.5, 0.6) is 5.75 Å². The average Bonchev–Trinajstić information content (AvgIpc) is 3.52. The summed E-state index contributed by atoms with van der Waals surface area (Å²) in [6.07, 6.45) is 5.84. The van der Waals surface area contributed by atoms with Crippen LogP contribution in [-0.2, 0) is 17.6 Å². The van der Waals surface area contributed by atoms with E-state index in [1.807, 2.05) is 12.1 Å². The van der Waals surface area contributed by atoms with E-state index in [1.165, 1.54) is 51.9 Å². The Labute approximate surface area is 204 Å². The molecule has 3 atom stereocenters. The zero-order chi connectivity index (χ0) is 24.1. The molecule has 6 rings (SSSR count). The van der Waals surface area contributed by atoms with Gasteiger partial charge in [-0.05, 0) is 78.6 Å². The summed E-state index contributed by atoms with van der Waals surface area (Å²) in [6.45, 7) is 1.81. The van der Waals surface area contributed by atoms with Gasteiger partial charge in [0, 0.05) is 29.1 Å². The number of allylic oxidation sites excluding steroid dienone is 1. The van der Waals surface area contributed by atoms with E-state index in [0.29, 0.717) is 5.75 Å². The Bertz CT molecular complexity index is 1340. The maximum atomic E-state index is 13.4. The third-order valence-electron chi connectivity index (χ3n) is 7.76. The molecule has 0 spiro atoms. The zero-order valence-corrected chi connectivity index (χ0v) is 19.8. The number of benzene rings is 2. The molecule has 0 bridgehead atoms. The van der Waals surface area contributed by atoms with Crippen molar-refractivity contribution in [2.24, 2.45) is 0 Å². The maximum Gasteiger partial charge on any atom is 0.232 e. The van der Waals surface area contributed by atoms with E-state index < -0.39 is 6.10 Å². The number of hydrogen-bond donors (Lipinski definition) is 4. The third-order valence-corrected chi connectivity index (χ3v) is 7.76. The van der Waals surface area contributed by atoms with E-state index in [-0.39, 0.29) is 31.0 Å². The van der Waals surface area contributed by atoms with Gasteiger partial charge in [0.2, 0.25) is 5.91 Å². The minimum atomic E-state index is -0.944. The fraction of sp³-hybridized carbons (Fsp3) is 0.345. The number of ether oxygens (including phenoxy) is 1. The number of aromatic amines is 1. The fourth-order valence-corrected chi connectivity index (χ4v) is 6.14. The van der Waals surface area contributed by atoms with Crippen molar-refractivity contribution in [1.29, 1.82) is 0 Å². The number of carbonyl (C=O) groups is 1. The Balaban J connectivity index is 1.44. The number of anilines is 1. The van der Waals surface area contributed by atoms with Gasteiger partial charge in [-0.2, -0.15) is 0 Å². The second kappa shape index (κ2) is 8.70. The van der Waals surface area contributed by atoms with Gasteiger partial charge in [-0.1, -0.05) is 29.8 Å². The van der Waals surface area contributed by atoms with Crippen LogP contribution in [0.25, 0.3) is 5.57 Å². The van der Waals surface area contributed by atoms with E-state index in [0.717, 1.165) is 24.1 Å². The van der Waals surface area contributed by atoms with Crippen LogP contribution in [-0.4, -0.2) is 40.4 Å². The van der Waals surface area contributed by atoms with Crippen LogP contribution in [0.1, 0.15) is 65.1 Å². The molecule has 6 heteroatoms. The summed E-state index contributed by atoms with van der Waals surface area (Å²) in [4.78, 5) is 16.9. The minimum absolute atomic E-state index is 0.00469. The maximum absolute atomic E-state index is 13.4. The normalized spacial score (nSPS) is 21.4. The molecule has 1 aromatic heterocycles. The molecule has 1 aliphatic heterocycles. The summed E-state index contributed by atoms with van der Waals surface area (Å²) in [7, 11) is 0. The lowest BCUT2D eigenvalue weighted by molar-refractivity contribution is -0.117. The summed E-state index contributed by atoms with van der Waals surface area (Å²) in [6, 6.07) is 14.0. The Hall–Kier alpha value is -3.35. The highest BCUT2D eigenvalue weighted by Crippen LogP contribution is 2.54. The van der Waals surface area contributed by atoms with E-state index in [1.54, 1.807) is 6.07 Å². The molecule has 2 aromatic carbocycles. The first-order valence-electron chi connectivity index (χ1n) is 12.4. The molecule has 3 unspecified atom stereocenters. The highest BCUT2D eigenvalue weighted by atomic mass is 16.5. The first kappa shape index (κ1) is 22.1. The second-order valence-electron chi connectivity index (χ2n) is 9.85. The van der Waals surface area contributed by atoms with Crippen molar-refractivity contribution in [2.75, 3.05) is 18.5 Å². The lowest BCUT2D eigenvalue weighted by atomic mass is 9.80. The first-order valence-corrected chi connectivity index (χ1v) is 12.4. The second-order valence-corrected chi connectivity index (χ2v) is 9.85. The molecule has 6 nitrogen and oxygen atoms in total. The molecule has 0 fully saturated rings. The summed E-state index contributed by atoms with van der Waals surface area (Å²) < 4.78 is 5.70. The van der Waals surface area contributed by atoms with Crippen LogP contribution in [0, 0.1) is 0 Å². The highest BCUT2D eigenvalue weighted by Gasteiger charge is 2.43. The number of aliphatic hydroxyl groups is 2. The van der Waals surface area contributed by atoms with Crippen LogP contribution in [0.4, 0.5) is 5.69 Å². The molecular formula is C29H30N2O4. The van der Waals surface area contributed by atoms with Crippen LogP contribution < -0.4 is 10.1 Å². The SMILES string of the molecule is CC1=C(c2c[nH]c3c2CCCC3)c2ccccc2C1C1C(=O)Nc2ccc(OCC(O)CO)cc21. The van der Waals surface area contributed by atoms with E-state index in [9.17, 15) is 9.90 Å². The number of aliphatic hydroxyl groups excluding tert-OH is 2. The molecule has 4 N–H and O–H groups in total. The van der Waals surface area contributed by atoms with Gasteiger partial charge in [0.05, 0.1) is 12.5 Å². The summed E-state index contributed by atoms with van der Waals surface area (Å²) in [5, 5.41) is 21.8. The molecule has 1 amide bonds. The number of nitrogens with one attached hydrogen (secondary N) is 2. The Kier molecular flexibility index (Phi) is 5.50. The topological polar surface area (TPSA) is 94.6 Å². The number of carbonyl (C=O) groups excluding carboxylic acids is 1. The molecular weight excluding hydrogens is 440 g/mol. The van der Waals surface area contributed by atoms with Crippen LogP contribution in [0.3, 0.4) is 0 Å². The predicted molar refractivity (Wildman–Crippen MR) is 135 cm³/mol. The van der Waals surface area contributed by atoms with Crippen molar-refractivity contribution >= 4 is 17.2 Å². The number of aromatic nitrogens is 1. The number of H-pyrrole nitrogens is 1. The average molecular weight is 471 g/mol. The molecule has 2 heterocycles. The Morgan fingerprint density at radius 2 is 1.89 bits per heavy atom. The third kappa shape index (κ3) is 3.60. The van der Waals surface area contributed by atoms with Gasteiger partial charge in [-0.15, -0.1) is 0 Å². The summed E-state index contributed by atoms with van der Waals surface area (Å²) in [5.74, 6) is 0.120. The first-order chi connectivity index (χ1) is 17.1. The largest absolute Gasteiger partial charge is 0.491 e. The van der Waals surface area contributed by atoms with Gasteiger partial charge < -0.3 is 25.3 Å². The van der Waals surface area contributed by atoms with Crippen molar-refractivity contribution in [2.45, 2.75) is 50.5 Å². The molecule has 2 aliphatic carbocycles. The van der Waals surface area contributed by atoms with Crippen molar-refractivity contribution < 1.29 is 19.7 Å². The van der Waals surface area contributed by atoms with Crippen molar-refractivity contribution in [1.82, 2.24) is 4.98 Å². The lowest BCUT2D eigenvalue weighted by Crippen LogP contribution is -2.21. The van der Waals surface area contributed by atoms with Crippen LogP contribution in [0.2, 0.25) is 0 Å². The van der Waals surface area contributed by atoms with Crippen molar-refractivity contribution in [3.63, 3.8) is 0 Å². The zero-order valence-electron chi connectivity index (χ0n) is 19.8. The van der Waals surface area contributed by atoms with Gasteiger partial charge in [0.25, 0.3) is 0 Å². The van der Waals surface area contributed by atoms with E-state index >= 15 is 0 Å². The number of amides is 1. The van der Waals surface area contributed by atoms with Crippen LogP contribution in [0.15, 0.2) is 54.2 Å². The van der Waals surface area contributed by atoms with Crippen LogP contribution >= 0.6 is 0 Å². The number of hydrogen-bond acceptors (Lipinski definition) is 4. The molecule has 3 aliphatic rings. The molecule has 35 heavy (non-hydrogen) atoms. The number of rotatable bonds is 6. The van der Waals surface area contributed by atoms with Crippen molar-refractivity contribution in [3.8, 4) is 5.75 Å². The van der Waals surface area contributed by atoms with Gasteiger partial charge in [0.15, 0.2) is 0 Å². The standard InChI is InChI=1S/C29H30N2O4/c1-16-26(23-13-30-24-9-5-4-6-19(23)24)20-7-2-3-8-21(20)27(16)28-22-12-18(35-15-17(33)14-32)10-11-25(22)31-29(28)34/h2-3,7-8,10-13,17,27-28,30,32-33H,4-6,9,14-15H2,1H3,(H,31,34). The summed E-state index contributed by atoms with van der Waals surface area (Å²) in [5.41, 5.74) is 10.6. The van der Waals surface area contributed by atoms with Gasteiger partial charge in [0.1, 0.15) is 18.5 Å². The monoisotopic (exact) mass is 470 g/mol. The molecule has 0 radical (unpaired) electrons. The highest BCUT2D eigenvalue weighted by molar-refractivity contribution is 6.05. The Morgan fingerprint density at radius 3 is 2.74 bits per heavy atom. The van der Waals surface area contributed by atoms with Gasteiger partial charge >= 0.3 is 0 Å². The fourth-order valence-electron chi connectivity index (χ4n) is 6.14. The van der Waals surface area contributed by atoms with E-state index in [4.69, 9.17) is 9.84 Å². The molecule has 3 aromatic rings. The van der Waals surface area contributed by atoms with E-state index in [2.05, 4.69) is 47.7 Å². The molecule has 0 saturated heterocycles. The Morgan fingerprint density at radius 1 is 1.06 bits per heavy atom.